The van der Waals surface area contributed by atoms with E-state index in [1.165, 1.54) is 0 Å². The van der Waals surface area contributed by atoms with E-state index in [0.717, 1.165) is 24.3 Å². The Morgan fingerprint density at radius 3 is 0.438 bits per heavy atom. The van der Waals surface area contributed by atoms with Crippen molar-refractivity contribution in [3.8, 4) is 92.0 Å². The Kier molecular flexibility index (Phi) is 29.0. The fraction of sp³-hybridized carbons (Fsp3) is 0.429. The van der Waals surface area contributed by atoms with Gasteiger partial charge in [0, 0.05) is 92.4 Å². The number of phenols is 8. The van der Waals surface area contributed by atoms with Crippen LogP contribution in [0, 0.1) is 0 Å². The van der Waals surface area contributed by atoms with Gasteiger partial charge in [-0.3, -0.25) is 0 Å². The molecule has 0 spiro atoms. The number of hydrogen-bond acceptors (Lipinski definition) is 28. The molecule has 8 bridgehead atoms. The first-order chi connectivity index (χ1) is 54.9. The zero-order chi connectivity index (χ0) is 77.4. The number of rotatable bonds is 4. The first-order valence-electron chi connectivity index (χ1n) is 37.7. The van der Waals surface area contributed by atoms with Gasteiger partial charge >= 0.3 is 0 Å². The van der Waals surface area contributed by atoms with E-state index >= 15 is 0 Å². The van der Waals surface area contributed by atoms with Gasteiger partial charge in [-0.15, -0.1) is 0 Å². The predicted molar refractivity (Wildman–Crippen MR) is 402 cm³/mol. The van der Waals surface area contributed by atoms with E-state index in [9.17, 15) is 40.9 Å². The molecule has 112 heavy (non-hydrogen) atoms. The molecule has 8 N–H and O–H groups in total. The zero-order valence-corrected chi connectivity index (χ0v) is 62.2. The molecule has 0 atom stereocenters. The fourth-order valence-corrected chi connectivity index (χ4v) is 14.0. The van der Waals surface area contributed by atoms with Crippen LogP contribution in [0.2, 0.25) is 0 Å². The molecule has 0 fully saturated rings. The van der Waals surface area contributed by atoms with E-state index in [4.69, 9.17) is 94.7 Å². The number of phenolic OH excluding ortho intramolecular Hbond substituents is 8. The van der Waals surface area contributed by atoms with Gasteiger partial charge in [0.2, 0.25) is 0 Å². The van der Waals surface area contributed by atoms with Crippen molar-refractivity contribution >= 4 is 0 Å². The maximum atomic E-state index is 13.0. The molecule has 8 aromatic rings. The van der Waals surface area contributed by atoms with Gasteiger partial charge in [-0.2, -0.15) is 0 Å². The molecular formula is C84H96O28. The Morgan fingerprint density at radius 1 is 0.152 bits per heavy atom. The van der Waals surface area contributed by atoms with E-state index in [0.29, 0.717) is 125 Å². The van der Waals surface area contributed by atoms with E-state index < -0.39 is 69.7 Å². The smallest absolute Gasteiger partial charge is 0.161 e. The summed E-state index contributed by atoms with van der Waals surface area (Å²) in [7, 11) is 0. The molecule has 0 unspecified atom stereocenters. The highest BCUT2D eigenvalue weighted by atomic mass is 16.6. The average molecular weight is 1550 g/mol. The number of ether oxygens (including phenoxy) is 20. The van der Waals surface area contributed by atoms with Crippen molar-refractivity contribution in [2.45, 2.75) is 23.7 Å². The Morgan fingerprint density at radius 2 is 0.286 bits per heavy atom. The van der Waals surface area contributed by atoms with E-state index in [-0.39, 0.29) is 200 Å². The third-order valence-corrected chi connectivity index (χ3v) is 19.3. The largest absolute Gasteiger partial charge is 0.507 e. The summed E-state index contributed by atoms with van der Waals surface area (Å²) < 4.78 is 121. The van der Waals surface area contributed by atoms with Crippen LogP contribution in [0.15, 0.2) is 121 Å². The molecule has 0 saturated heterocycles. The minimum Gasteiger partial charge on any atom is -0.507 e. The third-order valence-electron chi connectivity index (χ3n) is 19.3. The minimum atomic E-state index is -1.32. The monoisotopic (exact) mass is 1550 g/mol. The molecule has 8 aromatic carbocycles. The molecule has 0 saturated carbocycles. The van der Waals surface area contributed by atoms with Crippen molar-refractivity contribution in [3.63, 3.8) is 0 Å². The molecule has 0 radical (unpaired) electrons. The quantitative estimate of drug-likeness (QED) is 0.0812. The lowest BCUT2D eigenvalue weighted by molar-refractivity contribution is 0.00708. The zero-order valence-electron chi connectivity index (χ0n) is 62.2. The second-order valence-corrected chi connectivity index (χ2v) is 26.6. The van der Waals surface area contributed by atoms with Crippen molar-refractivity contribution in [3.05, 3.63) is 188 Å². The van der Waals surface area contributed by atoms with Gasteiger partial charge in [-0.05, 0) is 95.1 Å². The number of fused-ring (bicyclic) bond motifs is 12. The van der Waals surface area contributed by atoms with Gasteiger partial charge in [-0.25, -0.2) is 0 Å². The Balaban J connectivity index is 1.09. The van der Waals surface area contributed by atoms with Crippen LogP contribution < -0.4 is 37.9 Å². The predicted octanol–water partition coefficient (Wildman–Crippen LogP) is 9.65. The summed E-state index contributed by atoms with van der Waals surface area (Å²) in [6.45, 7) is 6.99. The molecule has 4 heterocycles. The highest BCUT2D eigenvalue weighted by Gasteiger charge is 2.37. The maximum absolute atomic E-state index is 13.0. The molecule has 5 aliphatic rings. The van der Waals surface area contributed by atoms with Gasteiger partial charge in [0.05, 0.1) is 159 Å². The van der Waals surface area contributed by atoms with Gasteiger partial charge in [0.1, 0.15) is 98.9 Å². The lowest BCUT2D eigenvalue weighted by Crippen LogP contribution is -2.14. The van der Waals surface area contributed by atoms with Crippen molar-refractivity contribution in [1.82, 2.24) is 0 Å². The van der Waals surface area contributed by atoms with Gasteiger partial charge in [0.15, 0.2) is 46.0 Å². The van der Waals surface area contributed by atoms with Gasteiger partial charge in [-0.1, -0.05) is 24.3 Å². The Bertz CT molecular complexity index is 3730. The van der Waals surface area contributed by atoms with Crippen LogP contribution in [0.25, 0.3) is 0 Å². The number of benzene rings is 8. The summed E-state index contributed by atoms with van der Waals surface area (Å²) in [5.41, 5.74) is 1.91. The molecule has 28 nitrogen and oxygen atoms in total. The van der Waals surface area contributed by atoms with Crippen molar-refractivity contribution in [2.24, 2.45) is 0 Å². The number of aromatic hydroxyl groups is 8. The molecule has 28 heteroatoms. The summed E-state index contributed by atoms with van der Waals surface area (Å²) >= 11 is 0. The van der Waals surface area contributed by atoms with Crippen LogP contribution in [0.5, 0.6) is 92.0 Å². The van der Waals surface area contributed by atoms with Crippen molar-refractivity contribution in [1.29, 1.82) is 0 Å². The molecule has 1 aliphatic carbocycles. The fourth-order valence-electron chi connectivity index (χ4n) is 14.0. The Hall–Kier alpha value is -9.92. The standard InChI is InChI=1S/C84H96O28/c85-65-49-67(87)59-45-57(65)81(53-1-5-73-77(41-53)109-37-29-101-21-13-93-9-17-97-25-33-105-73)58-46-60(68(88)50-66(58)86)83(55-3-7-75-79(43-55)111-39-31-103-23-15-95-11-19-99-27-35-107-75)62-48-64(72(92)52-70(62)90)84(56-4-8-76-80(44-56)112-40-32-104-24-16-96-12-20-100-28-36-108-76)63-47-61(69(89)51-71(63)91)82(59)54-2-6-74-78(42-54)110-38-30-102-22-14-94-10-18-98-26-34-106-74/h1-8,41-52,81-92H,9-40H2. The highest BCUT2D eigenvalue weighted by molar-refractivity contribution is 5.69. The van der Waals surface area contributed by atoms with E-state index in [1.807, 2.05) is 0 Å². The average Bonchev–Trinajstić information content (AvgIpc) is 0.738. The maximum Gasteiger partial charge on any atom is 0.161 e. The van der Waals surface area contributed by atoms with E-state index in [2.05, 4.69) is 0 Å². The normalized spacial score (nSPS) is 20.5. The second kappa shape index (κ2) is 40.5. The number of hydrogen-bond donors (Lipinski definition) is 8. The van der Waals surface area contributed by atoms with Crippen molar-refractivity contribution in [2.75, 3.05) is 211 Å². The van der Waals surface area contributed by atoms with Crippen LogP contribution in [-0.4, -0.2) is 252 Å². The lowest BCUT2D eigenvalue weighted by atomic mass is 9.75. The third kappa shape index (κ3) is 20.7. The SMILES string of the molecule is Oc1cc(O)c2cc1C(c1ccc3c(c1)OCCOCCOCCOCCO3)c1cc(c(O)cc1O)C(c1ccc3c(c1)OCCOCCOCCOCCO3)c1cc(c(O)cc1O)C(c1ccc3c(c1)OCCOCCOCCOCCO3)c1cc(c(O)cc1O)C2c1ccc2c(c1)OCCOCCOCCOCCO2. The van der Waals surface area contributed by atoms with Crippen LogP contribution in [-0.2, 0) is 56.8 Å². The topological polar surface area (TPSA) is 346 Å². The molecule has 13 rings (SSSR count). The first kappa shape index (κ1) is 80.1. The summed E-state index contributed by atoms with van der Waals surface area (Å²) in [5.74, 6) is -6.92. The van der Waals surface area contributed by atoms with Crippen LogP contribution >= 0.6 is 0 Å². The first-order valence-corrected chi connectivity index (χ1v) is 37.7. The van der Waals surface area contributed by atoms with Crippen LogP contribution in [0.1, 0.15) is 90.4 Å². The summed E-state index contributed by atoms with van der Waals surface area (Å²) in [6.07, 6.45) is 0. The lowest BCUT2D eigenvalue weighted by Gasteiger charge is -2.30. The summed E-state index contributed by atoms with van der Waals surface area (Å²) in [5, 5.41) is 104. The molecule has 0 aromatic heterocycles. The highest BCUT2D eigenvalue weighted by Crippen LogP contribution is 2.56. The molecule has 4 aliphatic heterocycles. The molecular weight excluding hydrogens is 1460 g/mol. The summed E-state index contributed by atoms with van der Waals surface area (Å²) in [6, 6.07) is 31.3. The van der Waals surface area contributed by atoms with Crippen LogP contribution in [0.3, 0.4) is 0 Å². The Labute approximate surface area is 648 Å². The van der Waals surface area contributed by atoms with Gasteiger partial charge in [0.25, 0.3) is 0 Å². The van der Waals surface area contributed by atoms with Crippen LogP contribution in [0.4, 0.5) is 0 Å². The second-order valence-electron chi connectivity index (χ2n) is 26.6. The van der Waals surface area contributed by atoms with Crippen molar-refractivity contribution < 1.29 is 136 Å². The molecule has 600 valence electrons. The summed E-state index contributed by atoms with van der Waals surface area (Å²) in [4.78, 5) is 0. The molecule has 0 amide bonds. The van der Waals surface area contributed by atoms with E-state index in [1.54, 1.807) is 97.1 Å². The van der Waals surface area contributed by atoms with Gasteiger partial charge < -0.3 is 136 Å². The minimum absolute atomic E-state index is 0.0393.